The van der Waals surface area contributed by atoms with Crippen molar-refractivity contribution in [1.29, 1.82) is 0 Å². The van der Waals surface area contributed by atoms with Gasteiger partial charge in [-0.05, 0) is 43.2 Å². The number of aliphatic imine (C=N–C) groups is 1. The van der Waals surface area contributed by atoms with Crippen LogP contribution in [0.15, 0.2) is 77.8 Å². The van der Waals surface area contributed by atoms with Crippen molar-refractivity contribution in [2.45, 2.75) is 20.0 Å². The highest BCUT2D eigenvalue weighted by Gasteiger charge is 2.33. The summed E-state index contributed by atoms with van der Waals surface area (Å²) in [6.45, 7) is 8.46. The lowest BCUT2D eigenvalue weighted by molar-refractivity contribution is 0.413. The minimum absolute atomic E-state index is 0.0333. The standard InChI is InChI=1S/C25H29N7O/c1-16(2)33-22(27-4)15-29-25-28-11-9-20(30-25)24-23(19-7-5-17(3)6-8-19)31-21-13-18(14-26)10-12-32(21)24/h5-13,21,31H,1,14-15,26H2,2-4H3,(H,28,29,30). The van der Waals surface area contributed by atoms with Gasteiger partial charge in [0.25, 0.3) is 0 Å². The summed E-state index contributed by atoms with van der Waals surface area (Å²) in [5, 5.41) is 6.82. The van der Waals surface area contributed by atoms with E-state index in [0.717, 1.165) is 28.2 Å². The van der Waals surface area contributed by atoms with E-state index in [1.54, 1.807) is 20.2 Å². The molecule has 0 saturated carbocycles. The van der Waals surface area contributed by atoms with E-state index in [4.69, 9.17) is 15.5 Å². The van der Waals surface area contributed by atoms with Gasteiger partial charge >= 0.3 is 0 Å². The van der Waals surface area contributed by atoms with E-state index in [-0.39, 0.29) is 6.17 Å². The van der Waals surface area contributed by atoms with E-state index < -0.39 is 0 Å². The van der Waals surface area contributed by atoms with Gasteiger partial charge in [-0.2, -0.15) is 0 Å². The molecular weight excluding hydrogens is 414 g/mol. The number of ether oxygens (including phenoxy) is 1. The zero-order valence-electron chi connectivity index (χ0n) is 19.2. The molecule has 170 valence electrons. The number of nitrogens with one attached hydrogen (secondary N) is 2. The Kier molecular flexibility index (Phi) is 6.55. The van der Waals surface area contributed by atoms with Crippen LogP contribution >= 0.6 is 0 Å². The average Bonchev–Trinajstić information content (AvgIpc) is 3.20. The molecule has 8 nitrogen and oxygen atoms in total. The number of nitrogens with two attached hydrogens (primary N) is 1. The Morgan fingerprint density at radius 3 is 2.79 bits per heavy atom. The number of aromatic nitrogens is 2. The second kappa shape index (κ2) is 9.70. The van der Waals surface area contributed by atoms with Crippen LogP contribution in [0.25, 0.3) is 11.4 Å². The highest BCUT2D eigenvalue weighted by Crippen LogP contribution is 2.36. The first-order chi connectivity index (χ1) is 16.0. The van der Waals surface area contributed by atoms with Crippen LogP contribution in [0.5, 0.6) is 0 Å². The molecule has 3 heterocycles. The zero-order valence-corrected chi connectivity index (χ0v) is 19.2. The largest absolute Gasteiger partial charge is 0.447 e. The van der Waals surface area contributed by atoms with Crippen LogP contribution in [0.3, 0.4) is 0 Å². The number of fused-ring (bicyclic) bond motifs is 1. The van der Waals surface area contributed by atoms with Crippen molar-refractivity contribution in [3.63, 3.8) is 0 Å². The van der Waals surface area contributed by atoms with Gasteiger partial charge in [0.1, 0.15) is 6.17 Å². The molecule has 1 unspecified atom stereocenters. The molecule has 0 aliphatic carbocycles. The van der Waals surface area contributed by atoms with E-state index in [2.05, 4.69) is 69.4 Å². The lowest BCUT2D eigenvalue weighted by atomic mass is 10.1. The number of anilines is 1. The number of aryl methyl sites for hydroxylation is 1. The quantitative estimate of drug-likeness (QED) is 0.343. The molecule has 2 aliphatic rings. The maximum Gasteiger partial charge on any atom is 0.223 e. The number of hydrogen-bond acceptors (Lipinski definition) is 8. The maximum absolute atomic E-state index is 5.88. The Hall–Kier alpha value is -3.91. The van der Waals surface area contributed by atoms with Crippen molar-refractivity contribution in [3.05, 3.63) is 89.6 Å². The molecule has 4 N–H and O–H groups in total. The molecule has 0 spiro atoms. The molecular formula is C25H29N7O. The predicted octanol–water partition coefficient (Wildman–Crippen LogP) is 3.24. The first-order valence-electron chi connectivity index (χ1n) is 10.8. The lowest BCUT2D eigenvalue weighted by Crippen LogP contribution is -2.34. The first-order valence-corrected chi connectivity index (χ1v) is 10.8. The fourth-order valence-corrected chi connectivity index (χ4v) is 3.71. The van der Waals surface area contributed by atoms with Gasteiger partial charge in [0.15, 0.2) is 0 Å². The van der Waals surface area contributed by atoms with Crippen LogP contribution in [0, 0.1) is 6.92 Å². The minimum Gasteiger partial charge on any atom is -0.447 e. The summed E-state index contributed by atoms with van der Waals surface area (Å²) >= 11 is 0. The Bertz CT molecular complexity index is 1160. The number of benzene rings is 1. The summed E-state index contributed by atoms with van der Waals surface area (Å²) in [7, 11) is 1.67. The van der Waals surface area contributed by atoms with Gasteiger partial charge in [-0.25, -0.2) is 9.97 Å². The van der Waals surface area contributed by atoms with Crippen LogP contribution in [0.2, 0.25) is 0 Å². The van der Waals surface area contributed by atoms with Crippen LogP contribution in [0.1, 0.15) is 23.7 Å². The molecule has 0 bridgehead atoms. The van der Waals surface area contributed by atoms with E-state index >= 15 is 0 Å². The summed E-state index contributed by atoms with van der Waals surface area (Å²) < 4.78 is 5.51. The Morgan fingerprint density at radius 2 is 2.09 bits per heavy atom. The molecule has 0 fully saturated rings. The monoisotopic (exact) mass is 443 g/mol. The summed E-state index contributed by atoms with van der Waals surface area (Å²) in [5.74, 6) is 1.57. The SMILES string of the molecule is C=C(C)OC(CNc1nccc(C2=C(c3ccc(C)cc3)NC3C=C(CN)C=CN23)n1)=NC. The lowest BCUT2D eigenvalue weighted by Gasteiger charge is -2.26. The van der Waals surface area contributed by atoms with Gasteiger partial charge in [-0.15, -0.1) is 0 Å². The summed E-state index contributed by atoms with van der Waals surface area (Å²) in [5.41, 5.74) is 12.0. The van der Waals surface area contributed by atoms with Crippen molar-refractivity contribution in [2.24, 2.45) is 10.7 Å². The fraction of sp³-hybridized carbons (Fsp3) is 0.240. The summed E-state index contributed by atoms with van der Waals surface area (Å²) in [6.07, 6.45) is 7.94. The topological polar surface area (TPSA) is 101 Å². The number of allylic oxidation sites excluding steroid dienone is 1. The maximum atomic E-state index is 5.88. The Labute approximate surface area is 194 Å². The second-order valence-corrected chi connectivity index (χ2v) is 7.89. The van der Waals surface area contributed by atoms with Crippen molar-refractivity contribution < 1.29 is 4.74 Å². The average molecular weight is 444 g/mol. The van der Waals surface area contributed by atoms with Gasteiger partial charge in [-0.3, -0.25) is 4.99 Å². The van der Waals surface area contributed by atoms with Crippen molar-refractivity contribution in [1.82, 2.24) is 20.2 Å². The van der Waals surface area contributed by atoms with E-state index in [0.29, 0.717) is 30.7 Å². The highest BCUT2D eigenvalue weighted by atomic mass is 16.5. The minimum atomic E-state index is -0.0333. The number of hydrogen-bond donors (Lipinski definition) is 3. The summed E-state index contributed by atoms with van der Waals surface area (Å²) in [4.78, 5) is 15.5. The van der Waals surface area contributed by atoms with Crippen molar-refractivity contribution in [2.75, 3.05) is 25.5 Å². The van der Waals surface area contributed by atoms with E-state index in [1.807, 2.05) is 18.3 Å². The van der Waals surface area contributed by atoms with Gasteiger partial charge in [0, 0.05) is 26.0 Å². The van der Waals surface area contributed by atoms with Gasteiger partial charge in [0.05, 0.1) is 29.4 Å². The van der Waals surface area contributed by atoms with Crippen molar-refractivity contribution >= 4 is 23.2 Å². The highest BCUT2D eigenvalue weighted by molar-refractivity contribution is 5.91. The third-order valence-electron chi connectivity index (χ3n) is 5.32. The Morgan fingerprint density at radius 1 is 1.30 bits per heavy atom. The zero-order chi connectivity index (χ0) is 23.4. The van der Waals surface area contributed by atoms with Gasteiger partial charge < -0.3 is 26.0 Å². The number of nitrogens with zero attached hydrogens (tertiary/aromatic N) is 4. The van der Waals surface area contributed by atoms with E-state index in [9.17, 15) is 0 Å². The molecule has 1 aromatic heterocycles. The molecule has 2 aromatic rings. The molecule has 0 radical (unpaired) electrons. The molecule has 1 atom stereocenters. The van der Waals surface area contributed by atoms with Crippen LogP contribution in [0.4, 0.5) is 5.95 Å². The molecule has 1 aromatic carbocycles. The smallest absolute Gasteiger partial charge is 0.223 e. The van der Waals surface area contributed by atoms with Crippen LogP contribution < -0.4 is 16.4 Å². The molecule has 8 heteroatoms. The van der Waals surface area contributed by atoms with Gasteiger partial charge in [0.2, 0.25) is 11.8 Å². The third-order valence-corrected chi connectivity index (χ3v) is 5.32. The second-order valence-electron chi connectivity index (χ2n) is 7.89. The molecule has 0 amide bonds. The van der Waals surface area contributed by atoms with Crippen LogP contribution in [-0.4, -0.2) is 47.1 Å². The molecule has 33 heavy (non-hydrogen) atoms. The predicted molar refractivity (Wildman–Crippen MR) is 133 cm³/mol. The first kappa shape index (κ1) is 22.3. The fourth-order valence-electron chi connectivity index (χ4n) is 3.71. The Balaban J connectivity index is 1.68. The molecule has 2 aliphatic heterocycles. The van der Waals surface area contributed by atoms with Gasteiger partial charge in [-0.1, -0.05) is 36.4 Å². The van der Waals surface area contributed by atoms with Crippen LogP contribution in [-0.2, 0) is 4.74 Å². The summed E-state index contributed by atoms with van der Waals surface area (Å²) in [6, 6.07) is 10.4. The number of rotatable bonds is 7. The molecule has 4 rings (SSSR count). The van der Waals surface area contributed by atoms with E-state index in [1.165, 1.54) is 5.56 Å². The molecule has 0 saturated heterocycles. The normalized spacial score (nSPS) is 17.5. The van der Waals surface area contributed by atoms with Crippen molar-refractivity contribution in [3.8, 4) is 0 Å². The third kappa shape index (κ3) is 4.96.